The third kappa shape index (κ3) is 12.7. The van der Waals surface area contributed by atoms with Crippen LogP contribution in [0.4, 0.5) is 0 Å². The van der Waals surface area contributed by atoms with Crippen molar-refractivity contribution >= 4 is 101 Å². The molecule has 0 saturated heterocycles. The summed E-state index contributed by atoms with van der Waals surface area (Å²) in [5, 5.41) is 6.02. The van der Waals surface area contributed by atoms with Crippen LogP contribution in [0.3, 0.4) is 0 Å². The van der Waals surface area contributed by atoms with Gasteiger partial charge in [0.05, 0.1) is 0 Å². The van der Waals surface area contributed by atoms with Crippen molar-refractivity contribution in [2.24, 2.45) is 0 Å². The normalized spacial score (nSPS) is 12.2. The van der Waals surface area contributed by atoms with E-state index >= 15 is 0 Å². The molecule has 0 N–H and O–H groups in total. The fourth-order valence-electron chi connectivity index (χ4n) is 4.37. The van der Waals surface area contributed by atoms with Crippen molar-refractivity contribution in [1.82, 2.24) is 0 Å². The van der Waals surface area contributed by atoms with Crippen LogP contribution in [0.15, 0.2) is 0 Å². The first kappa shape index (κ1) is 32.6. The molecule has 0 nitrogen and oxygen atoms in total. The molecule has 0 unspecified atom stereocenters. The van der Waals surface area contributed by atoms with Crippen LogP contribution in [-0.2, 0) is 25.7 Å². The van der Waals surface area contributed by atoms with E-state index in [-0.39, 0.29) is 0 Å². The average molecular weight is 810 g/mol. The van der Waals surface area contributed by atoms with E-state index < -0.39 is 58.6 Å². The van der Waals surface area contributed by atoms with Crippen LogP contribution >= 0.6 is 0 Å². The second-order valence-electron chi connectivity index (χ2n) is 10.2. The van der Waals surface area contributed by atoms with E-state index in [0.717, 1.165) is 0 Å². The van der Waals surface area contributed by atoms with Crippen LogP contribution in [0, 0.1) is 0 Å². The Labute approximate surface area is 238 Å². The van der Waals surface area contributed by atoms with Gasteiger partial charge in [0.2, 0.25) is 0 Å². The molecule has 0 bridgehead atoms. The number of hydrogen-bond donors (Lipinski definition) is 0. The summed E-state index contributed by atoms with van der Waals surface area (Å²) in [6.45, 7) is 0. The van der Waals surface area contributed by atoms with Crippen LogP contribution in [-0.4, -0.2) is 92.3 Å². The standard InChI is InChI=1S/C26H48As6/c1-29(2)17-9-13-21-22(14-10-18-30(3)4)24(16-12-20-32(7)8)26(28)25(27)23(21)15-11-19-31(5)6/h9-20H2,1-8H3. The van der Waals surface area contributed by atoms with Crippen molar-refractivity contribution in [1.29, 1.82) is 0 Å². The van der Waals surface area contributed by atoms with Crippen molar-refractivity contribution in [2.75, 3.05) is 0 Å². The average Bonchev–Trinajstić information content (AvgIpc) is 2.68. The Balaban J connectivity index is 3.38. The predicted octanol–water partition coefficient (Wildman–Crippen LogP) is 6.02. The van der Waals surface area contributed by atoms with Gasteiger partial charge in [-0.1, -0.05) is 0 Å². The van der Waals surface area contributed by atoms with Gasteiger partial charge in [-0.15, -0.1) is 0 Å². The quantitative estimate of drug-likeness (QED) is 0.180. The van der Waals surface area contributed by atoms with Gasteiger partial charge in [0.15, 0.2) is 0 Å². The molecule has 1 rings (SSSR count). The summed E-state index contributed by atoms with van der Waals surface area (Å²) >= 11 is 3.92. The molecule has 32 heavy (non-hydrogen) atoms. The van der Waals surface area contributed by atoms with Gasteiger partial charge < -0.3 is 0 Å². The third-order valence-electron chi connectivity index (χ3n) is 6.02. The first-order valence-electron chi connectivity index (χ1n) is 12.2. The Morgan fingerprint density at radius 1 is 0.406 bits per heavy atom. The molecule has 1 aromatic carbocycles. The van der Waals surface area contributed by atoms with Crippen LogP contribution in [0.1, 0.15) is 47.9 Å². The van der Waals surface area contributed by atoms with Gasteiger partial charge in [0, 0.05) is 0 Å². The maximum absolute atomic E-state index is 3.02. The Hall–Kier alpha value is 2.57. The zero-order valence-corrected chi connectivity index (χ0v) is 33.4. The molecule has 0 aliphatic rings. The molecule has 0 heterocycles. The van der Waals surface area contributed by atoms with Gasteiger partial charge in [0.25, 0.3) is 0 Å². The van der Waals surface area contributed by atoms with Gasteiger partial charge in [0.1, 0.15) is 0 Å². The van der Waals surface area contributed by atoms with Gasteiger partial charge in [-0.05, 0) is 0 Å². The zero-order chi connectivity index (χ0) is 24.3. The molecule has 0 aliphatic carbocycles. The number of hydrogen-bond acceptors (Lipinski definition) is 0. The molecular weight excluding hydrogens is 762 g/mol. The maximum atomic E-state index is 3.02. The molecule has 0 atom stereocenters. The zero-order valence-electron chi connectivity index (χ0n) is 22.2. The van der Waals surface area contributed by atoms with Crippen molar-refractivity contribution in [2.45, 2.75) is 118 Å². The molecule has 0 aromatic heterocycles. The van der Waals surface area contributed by atoms with E-state index in [0.29, 0.717) is 0 Å². The first-order valence-corrected chi connectivity index (χ1v) is 34.4. The van der Waals surface area contributed by atoms with Crippen molar-refractivity contribution in [3.63, 3.8) is 0 Å². The monoisotopic (exact) mass is 810 g/mol. The van der Waals surface area contributed by atoms with E-state index in [4.69, 9.17) is 0 Å². The van der Waals surface area contributed by atoms with Crippen LogP contribution < -0.4 is 8.70 Å². The van der Waals surface area contributed by atoms with Gasteiger partial charge in [-0.25, -0.2) is 0 Å². The second kappa shape index (κ2) is 17.9. The molecular formula is C26H48As6. The van der Waals surface area contributed by atoms with Gasteiger partial charge >= 0.3 is 241 Å². The Morgan fingerprint density at radius 2 is 0.625 bits per heavy atom. The van der Waals surface area contributed by atoms with Crippen LogP contribution in [0.5, 0.6) is 0 Å². The molecule has 0 amide bonds. The molecule has 6 heteroatoms. The summed E-state index contributed by atoms with van der Waals surface area (Å²) < 4.78 is 3.17. The van der Waals surface area contributed by atoms with E-state index in [2.05, 4.69) is 79.4 Å². The Morgan fingerprint density at radius 3 is 0.844 bits per heavy atom. The van der Waals surface area contributed by atoms with Crippen LogP contribution in [0.25, 0.3) is 0 Å². The summed E-state index contributed by atoms with van der Waals surface area (Å²) in [7, 11) is 0. The summed E-state index contributed by atoms with van der Waals surface area (Å²) in [5.41, 5.74) is 27.4. The molecule has 0 fully saturated rings. The number of rotatable bonds is 16. The first-order chi connectivity index (χ1) is 15.0. The molecule has 182 valence electrons. The topological polar surface area (TPSA) is 0 Å². The second-order valence-corrected chi connectivity index (χ2v) is 34.0. The van der Waals surface area contributed by atoms with E-state index in [1.807, 2.05) is 11.1 Å². The molecule has 4 radical (unpaired) electrons. The molecule has 0 spiro atoms. The van der Waals surface area contributed by atoms with Gasteiger partial charge in [-0.3, -0.25) is 0 Å². The van der Waals surface area contributed by atoms with E-state index in [9.17, 15) is 0 Å². The Kier molecular flexibility index (Phi) is 18.3. The van der Waals surface area contributed by atoms with Crippen LogP contribution in [0.2, 0.25) is 66.5 Å². The fourth-order valence-corrected chi connectivity index (χ4v) is 12.6. The summed E-state index contributed by atoms with van der Waals surface area (Å²) in [5.74, 6) is 0. The minimum atomic E-state index is -0.534. The molecule has 1 aromatic rings. The van der Waals surface area contributed by atoms with E-state index in [1.54, 1.807) is 19.8 Å². The summed E-state index contributed by atoms with van der Waals surface area (Å²) in [4.78, 5) is 0. The van der Waals surface area contributed by atoms with Gasteiger partial charge in [-0.2, -0.15) is 0 Å². The van der Waals surface area contributed by atoms with Crippen molar-refractivity contribution in [3.05, 3.63) is 22.3 Å². The molecule has 0 saturated carbocycles. The Bertz CT molecular complexity index is 610. The van der Waals surface area contributed by atoms with E-state index in [1.165, 1.54) is 72.2 Å². The van der Waals surface area contributed by atoms with Crippen molar-refractivity contribution < 1.29 is 0 Å². The predicted molar refractivity (Wildman–Crippen MR) is 160 cm³/mol. The SMILES string of the molecule is C[As](C)CCCc1c([As])c([As])c(CCC[As](C)C)c(CCC[As](C)C)c1CCC[As](C)C. The third-order valence-corrected chi connectivity index (χ3v) is 19.1. The minimum absolute atomic E-state index is 0.527. The number of benzene rings is 1. The summed E-state index contributed by atoms with van der Waals surface area (Å²) in [6.07, 6.45) is 11.0. The molecule has 0 aliphatic heterocycles. The fraction of sp³-hybridized carbons (Fsp3) is 0.769. The summed E-state index contributed by atoms with van der Waals surface area (Å²) in [6, 6.07) is 0. The van der Waals surface area contributed by atoms with Crippen molar-refractivity contribution in [3.8, 4) is 0 Å².